The van der Waals surface area contributed by atoms with Crippen molar-refractivity contribution in [3.63, 3.8) is 0 Å². The highest BCUT2D eigenvalue weighted by Crippen LogP contribution is 2.35. The average molecular weight is 380 g/mol. The zero-order valence-electron chi connectivity index (χ0n) is 16.1. The number of benzene rings is 1. The van der Waals surface area contributed by atoms with Crippen molar-refractivity contribution in [1.82, 2.24) is 0 Å². The first-order chi connectivity index (χ1) is 13.1. The highest BCUT2D eigenvalue weighted by Gasteiger charge is 2.31. The molecule has 0 radical (unpaired) electrons. The Morgan fingerprint density at radius 1 is 1.11 bits per heavy atom. The zero-order chi connectivity index (χ0) is 19.2. The maximum absolute atomic E-state index is 14.1. The molecule has 1 aliphatic heterocycles. The molecule has 1 saturated heterocycles. The Morgan fingerprint density at radius 2 is 1.89 bits per heavy atom. The van der Waals surface area contributed by atoms with Crippen molar-refractivity contribution in [2.45, 2.75) is 64.3 Å². The van der Waals surface area contributed by atoms with E-state index in [0.717, 1.165) is 45.1 Å². The smallest absolute Gasteiger partial charge is 0.200 e. The van der Waals surface area contributed by atoms with Crippen molar-refractivity contribution in [3.05, 3.63) is 42.0 Å². The second-order valence-corrected chi connectivity index (χ2v) is 7.58. The highest BCUT2D eigenvalue weighted by atomic mass is 19.2. The molecule has 27 heavy (non-hydrogen) atoms. The van der Waals surface area contributed by atoms with Crippen LogP contribution in [0.4, 0.5) is 8.78 Å². The quantitative estimate of drug-likeness (QED) is 0.591. The van der Waals surface area contributed by atoms with Crippen molar-refractivity contribution in [3.8, 4) is 5.75 Å². The molecule has 1 heterocycles. The monoisotopic (exact) mass is 380 g/mol. The number of rotatable bonds is 7. The van der Waals surface area contributed by atoms with Gasteiger partial charge >= 0.3 is 0 Å². The average Bonchev–Trinajstić information content (AvgIpc) is 2.71. The summed E-state index contributed by atoms with van der Waals surface area (Å²) in [5.41, 5.74) is 0.240. The molecule has 2 atom stereocenters. The van der Waals surface area contributed by atoms with E-state index in [-0.39, 0.29) is 24.0 Å². The molecule has 0 amide bonds. The molecule has 1 saturated carbocycles. The van der Waals surface area contributed by atoms with Crippen molar-refractivity contribution in [2.75, 3.05) is 13.2 Å². The van der Waals surface area contributed by atoms with E-state index in [1.54, 1.807) is 13.0 Å². The molecule has 0 aromatic heterocycles. The van der Waals surface area contributed by atoms with Crippen LogP contribution in [0.1, 0.15) is 51.0 Å². The Labute approximate surface area is 160 Å². The first kappa shape index (κ1) is 20.3. The summed E-state index contributed by atoms with van der Waals surface area (Å²) in [5.74, 6) is -0.790. The second-order valence-electron chi connectivity index (χ2n) is 7.58. The van der Waals surface area contributed by atoms with E-state index in [1.807, 2.05) is 6.08 Å². The van der Waals surface area contributed by atoms with E-state index in [9.17, 15) is 8.78 Å². The van der Waals surface area contributed by atoms with Gasteiger partial charge in [-0.25, -0.2) is 4.39 Å². The fraction of sp³-hybridized carbons (Fsp3) is 0.636. The number of hydrogen-bond donors (Lipinski definition) is 0. The van der Waals surface area contributed by atoms with Gasteiger partial charge in [-0.3, -0.25) is 0 Å². The van der Waals surface area contributed by atoms with Gasteiger partial charge in [0.2, 0.25) is 5.82 Å². The summed E-state index contributed by atoms with van der Waals surface area (Å²) in [6.07, 6.45) is 8.70. The molecule has 0 spiro atoms. The molecule has 1 aliphatic carbocycles. The number of ether oxygens (including phenoxy) is 3. The Hall–Kier alpha value is -1.46. The summed E-state index contributed by atoms with van der Waals surface area (Å²) < 4.78 is 45.1. The van der Waals surface area contributed by atoms with E-state index in [0.29, 0.717) is 24.5 Å². The molecule has 1 aromatic rings. The lowest BCUT2D eigenvalue weighted by molar-refractivity contribution is -0.0650. The Kier molecular flexibility index (Phi) is 7.25. The third kappa shape index (κ3) is 5.08. The zero-order valence-corrected chi connectivity index (χ0v) is 16.1. The van der Waals surface area contributed by atoms with Crippen LogP contribution in [0.5, 0.6) is 5.75 Å². The minimum atomic E-state index is -0.936. The van der Waals surface area contributed by atoms with Gasteiger partial charge in [-0.05, 0) is 63.5 Å². The van der Waals surface area contributed by atoms with Crippen LogP contribution in [-0.2, 0) is 16.1 Å². The van der Waals surface area contributed by atoms with E-state index >= 15 is 0 Å². The van der Waals surface area contributed by atoms with Crippen LogP contribution < -0.4 is 4.74 Å². The lowest BCUT2D eigenvalue weighted by Gasteiger charge is -2.37. The van der Waals surface area contributed by atoms with Gasteiger partial charge in [0, 0.05) is 11.5 Å². The fourth-order valence-electron chi connectivity index (χ4n) is 4.13. The predicted molar refractivity (Wildman–Crippen MR) is 101 cm³/mol. The van der Waals surface area contributed by atoms with Crippen molar-refractivity contribution in [1.29, 1.82) is 0 Å². The second kappa shape index (κ2) is 9.65. The lowest BCUT2D eigenvalue weighted by Crippen LogP contribution is -2.35. The van der Waals surface area contributed by atoms with Crippen LogP contribution in [0.2, 0.25) is 0 Å². The maximum atomic E-state index is 14.1. The highest BCUT2D eigenvalue weighted by molar-refractivity contribution is 5.30. The van der Waals surface area contributed by atoms with Gasteiger partial charge in [0.05, 0.1) is 32.0 Å². The topological polar surface area (TPSA) is 27.7 Å². The minimum absolute atomic E-state index is 0.0505. The Bertz CT molecular complexity index is 618. The minimum Gasteiger partial charge on any atom is -0.491 e. The van der Waals surface area contributed by atoms with Gasteiger partial charge in [-0.2, -0.15) is 4.39 Å². The molecule has 0 bridgehead atoms. The third-order valence-electron chi connectivity index (χ3n) is 5.83. The SMILES string of the molecule is C=CC1CCC(C2CCC(OCc3ccc(OCC)c(F)c3F)CC2)OC1. The van der Waals surface area contributed by atoms with Crippen LogP contribution in [0.3, 0.4) is 0 Å². The molecule has 2 aliphatic rings. The van der Waals surface area contributed by atoms with Gasteiger partial charge in [-0.1, -0.05) is 6.08 Å². The largest absolute Gasteiger partial charge is 0.491 e. The van der Waals surface area contributed by atoms with Gasteiger partial charge < -0.3 is 14.2 Å². The molecule has 2 unspecified atom stereocenters. The van der Waals surface area contributed by atoms with E-state index in [2.05, 4.69) is 6.58 Å². The molecule has 3 rings (SSSR count). The maximum Gasteiger partial charge on any atom is 0.200 e. The first-order valence-electron chi connectivity index (χ1n) is 10.1. The summed E-state index contributed by atoms with van der Waals surface area (Å²) >= 11 is 0. The van der Waals surface area contributed by atoms with Crippen molar-refractivity contribution in [2.24, 2.45) is 11.8 Å². The Balaban J connectivity index is 1.45. The summed E-state index contributed by atoms with van der Waals surface area (Å²) in [7, 11) is 0. The number of hydrogen-bond acceptors (Lipinski definition) is 3. The predicted octanol–water partition coefficient (Wildman–Crippen LogP) is 5.42. The van der Waals surface area contributed by atoms with Gasteiger partial charge in [0.1, 0.15) is 0 Å². The lowest BCUT2D eigenvalue weighted by atomic mass is 9.80. The normalized spacial score (nSPS) is 28.7. The molecule has 1 aromatic carbocycles. The molecule has 3 nitrogen and oxygen atoms in total. The van der Waals surface area contributed by atoms with Gasteiger partial charge in [-0.15, -0.1) is 6.58 Å². The van der Waals surface area contributed by atoms with Crippen LogP contribution in [0, 0.1) is 23.5 Å². The van der Waals surface area contributed by atoms with Gasteiger partial charge in [0.15, 0.2) is 11.6 Å². The first-order valence-corrected chi connectivity index (χ1v) is 10.1. The van der Waals surface area contributed by atoms with E-state index in [4.69, 9.17) is 14.2 Å². The van der Waals surface area contributed by atoms with Crippen LogP contribution >= 0.6 is 0 Å². The Morgan fingerprint density at radius 3 is 2.52 bits per heavy atom. The standard InChI is InChI=1S/C22H30F2O3/c1-3-15-5-11-19(27-13-15)16-6-9-18(10-7-16)26-14-17-8-12-20(25-4-2)22(24)21(17)23/h3,8,12,15-16,18-19H,1,4-7,9-11,13-14H2,2H3. The molecule has 2 fully saturated rings. The van der Waals surface area contributed by atoms with Gasteiger partial charge in [0.25, 0.3) is 0 Å². The van der Waals surface area contributed by atoms with Crippen molar-refractivity contribution < 1.29 is 23.0 Å². The summed E-state index contributed by atoms with van der Waals surface area (Å²) in [5, 5.41) is 0. The number of halogens is 2. The van der Waals surface area contributed by atoms with Crippen LogP contribution in [-0.4, -0.2) is 25.4 Å². The molecular weight excluding hydrogens is 350 g/mol. The molecule has 150 valence electrons. The molecule has 0 N–H and O–H groups in total. The summed E-state index contributed by atoms with van der Waals surface area (Å²) in [6.45, 7) is 6.76. The molecular formula is C22H30F2O3. The third-order valence-corrected chi connectivity index (χ3v) is 5.83. The molecule has 5 heteroatoms. The van der Waals surface area contributed by atoms with E-state index < -0.39 is 11.6 Å². The van der Waals surface area contributed by atoms with Crippen LogP contribution in [0.15, 0.2) is 24.8 Å². The van der Waals surface area contributed by atoms with Crippen molar-refractivity contribution >= 4 is 0 Å². The van der Waals surface area contributed by atoms with E-state index in [1.165, 1.54) is 6.07 Å². The summed E-state index contributed by atoms with van der Waals surface area (Å²) in [4.78, 5) is 0. The summed E-state index contributed by atoms with van der Waals surface area (Å²) in [6, 6.07) is 3.01. The fourth-order valence-corrected chi connectivity index (χ4v) is 4.13. The van der Waals surface area contributed by atoms with Crippen LogP contribution in [0.25, 0.3) is 0 Å².